The van der Waals surface area contributed by atoms with Crippen molar-refractivity contribution in [3.63, 3.8) is 0 Å². The Morgan fingerprint density at radius 1 is 1.23 bits per heavy atom. The highest BCUT2D eigenvalue weighted by Gasteiger charge is 2.15. The van der Waals surface area contributed by atoms with Gasteiger partial charge in [-0.2, -0.15) is 0 Å². The van der Waals surface area contributed by atoms with E-state index in [0.29, 0.717) is 34.5 Å². The summed E-state index contributed by atoms with van der Waals surface area (Å²) in [6.07, 6.45) is 0. The van der Waals surface area contributed by atoms with E-state index in [9.17, 15) is 4.79 Å². The Balaban J connectivity index is 1.79. The lowest BCUT2D eigenvalue weighted by Crippen LogP contribution is -2.12. The molecule has 134 valence electrons. The summed E-state index contributed by atoms with van der Waals surface area (Å²) in [5.74, 6) is 1.04. The molecular formula is C20H19ClN2O3. The molecule has 0 bridgehead atoms. The van der Waals surface area contributed by atoms with E-state index in [-0.39, 0.29) is 11.7 Å². The molecule has 0 saturated heterocycles. The van der Waals surface area contributed by atoms with Crippen LogP contribution in [0.15, 0.2) is 52.9 Å². The summed E-state index contributed by atoms with van der Waals surface area (Å²) in [5, 5.41) is 3.39. The first kappa shape index (κ1) is 17.9. The molecule has 6 heteroatoms. The van der Waals surface area contributed by atoms with Gasteiger partial charge in [-0.1, -0.05) is 23.7 Å². The Bertz CT molecular complexity index is 950. The van der Waals surface area contributed by atoms with E-state index in [0.717, 1.165) is 11.1 Å². The quantitative estimate of drug-likeness (QED) is 0.609. The van der Waals surface area contributed by atoms with E-state index in [1.54, 1.807) is 30.3 Å². The molecule has 0 unspecified atom stereocenters. The SMILES string of the molecule is CCOc1ccc(NC(=O)c2ccc(-c3cccc(Cl)c3C)o2)c(N)c1. The third kappa shape index (κ3) is 3.68. The predicted octanol–water partition coefficient (Wildman–Crippen LogP) is 5.14. The molecule has 1 amide bonds. The topological polar surface area (TPSA) is 77.5 Å². The van der Waals surface area contributed by atoms with E-state index in [2.05, 4.69) is 5.32 Å². The first-order valence-corrected chi connectivity index (χ1v) is 8.56. The maximum atomic E-state index is 12.5. The predicted molar refractivity (Wildman–Crippen MR) is 104 cm³/mol. The lowest BCUT2D eigenvalue weighted by atomic mass is 10.1. The van der Waals surface area contributed by atoms with Gasteiger partial charge >= 0.3 is 0 Å². The standard InChI is InChI=1S/C20H19ClN2O3/c1-3-25-13-7-8-17(16(22)11-13)23-20(24)19-10-9-18(26-19)14-5-4-6-15(21)12(14)2/h4-11H,3,22H2,1-2H3,(H,23,24). The number of hydrogen-bond donors (Lipinski definition) is 2. The van der Waals surface area contributed by atoms with Crippen molar-refractivity contribution in [1.29, 1.82) is 0 Å². The maximum Gasteiger partial charge on any atom is 0.291 e. The van der Waals surface area contributed by atoms with E-state index >= 15 is 0 Å². The minimum atomic E-state index is -0.383. The van der Waals surface area contributed by atoms with Gasteiger partial charge in [0, 0.05) is 16.7 Å². The van der Waals surface area contributed by atoms with Crippen molar-refractivity contribution in [2.75, 3.05) is 17.7 Å². The van der Waals surface area contributed by atoms with Gasteiger partial charge in [0.2, 0.25) is 0 Å². The highest BCUT2D eigenvalue weighted by atomic mass is 35.5. The van der Waals surface area contributed by atoms with Crippen LogP contribution in [-0.2, 0) is 0 Å². The van der Waals surface area contributed by atoms with Crippen LogP contribution < -0.4 is 15.8 Å². The number of rotatable bonds is 5. The number of carbonyl (C=O) groups excluding carboxylic acids is 1. The Labute approximate surface area is 156 Å². The Kier molecular flexibility index (Phi) is 5.19. The second-order valence-corrected chi connectivity index (χ2v) is 6.12. The zero-order valence-electron chi connectivity index (χ0n) is 14.5. The molecule has 2 aromatic carbocycles. The number of ether oxygens (including phenoxy) is 1. The summed E-state index contributed by atoms with van der Waals surface area (Å²) in [6, 6.07) is 14.0. The van der Waals surface area contributed by atoms with Crippen molar-refractivity contribution in [3.05, 3.63) is 64.9 Å². The van der Waals surface area contributed by atoms with Crippen LogP contribution in [0.5, 0.6) is 5.75 Å². The molecule has 3 N–H and O–H groups in total. The summed E-state index contributed by atoms with van der Waals surface area (Å²) in [4.78, 5) is 12.5. The molecule has 0 atom stereocenters. The normalized spacial score (nSPS) is 10.6. The summed E-state index contributed by atoms with van der Waals surface area (Å²) < 4.78 is 11.1. The molecule has 0 saturated carbocycles. The van der Waals surface area contributed by atoms with Crippen molar-refractivity contribution in [3.8, 4) is 17.1 Å². The second kappa shape index (κ2) is 7.54. The Hall–Kier alpha value is -2.92. The lowest BCUT2D eigenvalue weighted by Gasteiger charge is -2.09. The van der Waals surface area contributed by atoms with Crippen molar-refractivity contribution in [2.45, 2.75) is 13.8 Å². The third-order valence-electron chi connectivity index (χ3n) is 3.95. The number of furan rings is 1. The zero-order chi connectivity index (χ0) is 18.7. The molecule has 1 heterocycles. The van der Waals surface area contributed by atoms with Crippen LogP contribution in [0, 0.1) is 6.92 Å². The highest BCUT2D eigenvalue weighted by molar-refractivity contribution is 6.31. The van der Waals surface area contributed by atoms with Gasteiger partial charge in [0.15, 0.2) is 5.76 Å². The lowest BCUT2D eigenvalue weighted by molar-refractivity contribution is 0.0997. The number of amides is 1. The van der Waals surface area contributed by atoms with E-state index in [1.807, 2.05) is 32.0 Å². The molecule has 3 rings (SSSR count). The van der Waals surface area contributed by atoms with Gasteiger partial charge in [-0.3, -0.25) is 4.79 Å². The number of carbonyl (C=O) groups is 1. The van der Waals surface area contributed by atoms with E-state index < -0.39 is 0 Å². The molecule has 0 fully saturated rings. The van der Waals surface area contributed by atoms with E-state index in [4.69, 9.17) is 26.5 Å². The van der Waals surface area contributed by atoms with Gasteiger partial charge in [0.25, 0.3) is 5.91 Å². The molecule has 3 aromatic rings. The van der Waals surface area contributed by atoms with Crippen molar-refractivity contribution in [2.24, 2.45) is 0 Å². The maximum absolute atomic E-state index is 12.5. The minimum Gasteiger partial charge on any atom is -0.494 e. The average molecular weight is 371 g/mol. The van der Waals surface area contributed by atoms with Crippen LogP contribution in [0.25, 0.3) is 11.3 Å². The number of nitrogen functional groups attached to an aromatic ring is 1. The summed E-state index contributed by atoms with van der Waals surface area (Å²) in [5.41, 5.74) is 8.62. The van der Waals surface area contributed by atoms with Crippen LogP contribution in [0.2, 0.25) is 5.02 Å². The third-order valence-corrected chi connectivity index (χ3v) is 4.35. The molecule has 1 aromatic heterocycles. The summed E-state index contributed by atoms with van der Waals surface area (Å²) in [6.45, 7) is 4.34. The van der Waals surface area contributed by atoms with Gasteiger partial charge in [-0.15, -0.1) is 0 Å². The number of benzene rings is 2. The fourth-order valence-electron chi connectivity index (χ4n) is 2.57. The van der Waals surface area contributed by atoms with Crippen molar-refractivity contribution >= 4 is 28.9 Å². The fraction of sp³-hybridized carbons (Fsp3) is 0.150. The Morgan fingerprint density at radius 2 is 2.04 bits per heavy atom. The van der Waals surface area contributed by atoms with Crippen LogP contribution in [-0.4, -0.2) is 12.5 Å². The summed E-state index contributed by atoms with van der Waals surface area (Å²) in [7, 11) is 0. The minimum absolute atomic E-state index is 0.188. The number of hydrogen-bond acceptors (Lipinski definition) is 4. The summed E-state index contributed by atoms with van der Waals surface area (Å²) >= 11 is 6.15. The molecular weight excluding hydrogens is 352 g/mol. The van der Waals surface area contributed by atoms with Crippen LogP contribution >= 0.6 is 11.6 Å². The monoisotopic (exact) mass is 370 g/mol. The molecule has 0 radical (unpaired) electrons. The van der Waals surface area contributed by atoms with Crippen molar-refractivity contribution in [1.82, 2.24) is 0 Å². The Morgan fingerprint density at radius 3 is 2.77 bits per heavy atom. The largest absolute Gasteiger partial charge is 0.494 e. The van der Waals surface area contributed by atoms with Gasteiger partial charge in [-0.05, 0) is 49.7 Å². The molecule has 0 aliphatic rings. The number of halogens is 1. The van der Waals surface area contributed by atoms with Crippen LogP contribution in [0.3, 0.4) is 0 Å². The van der Waals surface area contributed by atoms with Crippen LogP contribution in [0.4, 0.5) is 11.4 Å². The number of anilines is 2. The second-order valence-electron chi connectivity index (χ2n) is 5.71. The average Bonchev–Trinajstić information content (AvgIpc) is 3.10. The first-order valence-electron chi connectivity index (χ1n) is 8.18. The van der Waals surface area contributed by atoms with Gasteiger partial charge in [0.05, 0.1) is 18.0 Å². The van der Waals surface area contributed by atoms with Gasteiger partial charge in [0.1, 0.15) is 11.5 Å². The first-order chi connectivity index (χ1) is 12.5. The molecule has 0 spiro atoms. The smallest absolute Gasteiger partial charge is 0.291 e. The number of nitrogens with two attached hydrogens (primary N) is 1. The molecule has 0 aliphatic carbocycles. The van der Waals surface area contributed by atoms with Crippen LogP contribution in [0.1, 0.15) is 23.0 Å². The van der Waals surface area contributed by atoms with Gasteiger partial charge < -0.3 is 20.2 Å². The van der Waals surface area contributed by atoms with Gasteiger partial charge in [-0.25, -0.2) is 0 Å². The molecule has 26 heavy (non-hydrogen) atoms. The van der Waals surface area contributed by atoms with Crippen molar-refractivity contribution < 1.29 is 13.9 Å². The fourth-order valence-corrected chi connectivity index (χ4v) is 2.75. The highest BCUT2D eigenvalue weighted by Crippen LogP contribution is 2.30. The zero-order valence-corrected chi connectivity index (χ0v) is 15.3. The number of nitrogens with one attached hydrogen (secondary N) is 1. The molecule has 0 aliphatic heterocycles. The molecule has 5 nitrogen and oxygen atoms in total. The van der Waals surface area contributed by atoms with E-state index in [1.165, 1.54) is 0 Å².